The van der Waals surface area contributed by atoms with E-state index in [1.807, 2.05) is 0 Å². The largest absolute Gasteiger partial charge is 0.472 e. The second-order valence-corrected chi connectivity index (χ2v) is 19.8. The van der Waals surface area contributed by atoms with Gasteiger partial charge in [0.15, 0.2) is 0 Å². The van der Waals surface area contributed by atoms with Gasteiger partial charge in [-0.1, -0.05) is 209 Å². The fourth-order valence-corrected chi connectivity index (χ4v) is 8.86. The lowest BCUT2D eigenvalue weighted by atomic mass is 9.85. The summed E-state index contributed by atoms with van der Waals surface area (Å²) in [6.45, 7) is 4.12. The molecule has 1 aliphatic rings. The molecule has 13 heteroatoms. The Bertz CT molecular complexity index is 1400. The molecule has 0 spiro atoms. The van der Waals surface area contributed by atoms with Gasteiger partial charge in [-0.05, 0) is 64.2 Å². The SMILES string of the molecule is CC/C=C\C/C=C\C/C=C\C/C=C\C/C=C\C/C=C\CCCCCCCOCC(COP(=O)(O)OC1C(O)C(O)C(O)C(O)C1O)OC(=O)CCCCCCCCCCCCCCCCCCC. The van der Waals surface area contributed by atoms with Crippen LogP contribution in [-0.2, 0) is 27.9 Å². The van der Waals surface area contributed by atoms with Gasteiger partial charge in [-0.15, -0.1) is 0 Å². The Labute approximate surface area is 412 Å². The molecule has 6 unspecified atom stereocenters. The Morgan fingerprint density at radius 2 is 0.868 bits per heavy atom. The first-order valence-electron chi connectivity index (χ1n) is 26.8. The maximum Gasteiger partial charge on any atom is 0.472 e. The number of phosphoric acid groups is 1. The third-order valence-corrected chi connectivity index (χ3v) is 13.1. The zero-order valence-corrected chi connectivity index (χ0v) is 43.3. The fraction of sp³-hybridized carbons (Fsp3) is 0.764. The number of hydrogen-bond acceptors (Lipinski definition) is 11. The number of aliphatic hydroxyl groups excluding tert-OH is 5. The van der Waals surface area contributed by atoms with Crippen molar-refractivity contribution < 1.29 is 58.3 Å². The van der Waals surface area contributed by atoms with E-state index in [1.54, 1.807) is 0 Å². The number of carbonyl (C=O) groups is 1. The molecule has 1 fully saturated rings. The van der Waals surface area contributed by atoms with Gasteiger partial charge < -0.3 is 39.9 Å². The smallest absolute Gasteiger partial charge is 0.457 e. The van der Waals surface area contributed by atoms with Crippen LogP contribution in [0.15, 0.2) is 72.9 Å². The van der Waals surface area contributed by atoms with Crippen LogP contribution in [0.5, 0.6) is 0 Å². The molecule has 0 aromatic heterocycles. The van der Waals surface area contributed by atoms with Gasteiger partial charge in [0.05, 0.1) is 13.2 Å². The van der Waals surface area contributed by atoms with Crippen molar-refractivity contribution in [3.05, 3.63) is 72.9 Å². The van der Waals surface area contributed by atoms with E-state index in [4.69, 9.17) is 18.5 Å². The van der Waals surface area contributed by atoms with E-state index in [2.05, 4.69) is 86.8 Å². The van der Waals surface area contributed by atoms with Gasteiger partial charge in [-0.25, -0.2) is 4.57 Å². The molecule has 0 radical (unpaired) electrons. The summed E-state index contributed by atoms with van der Waals surface area (Å²) in [5, 5.41) is 50.3. The molecule has 6 N–H and O–H groups in total. The molecule has 1 aliphatic carbocycles. The number of unbranched alkanes of at least 4 members (excludes halogenated alkanes) is 21. The van der Waals surface area contributed by atoms with Crippen LogP contribution in [0.2, 0.25) is 0 Å². The summed E-state index contributed by atoms with van der Waals surface area (Å²) in [5.74, 6) is -0.484. The normalized spacial score (nSPS) is 21.7. The molecule has 1 saturated carbocycles. The van der Waals surface area contributed by atoms with E-state index in [0.29, 0.717) is 13.0 Å². The molecule has 0 saturated heterocycles. The average molecular weight is 981 g/mol. The van der Waals surface area contributed by atoms with Crippen LogP contribution in [0.3, 0.4) is 0 Å². The van der Waals surface area contributed by atoms with E-state index in [-0.39, 0.29) is 13.0 Å². The summed E-state index contributed by atoms with van der Waals surface area (Å²) in [4.78, 5) is 23.3. The number of allylic oxidation sites excluding steroid dienone is 12. The molecule has 1 rings (SSSR count). The lowest BCUT2D eigenvalue weighted by Gasteiger charge is -2.41. The van der Waals surface area contributed by atoms with E-state index in [1.165, 1.54) is 83.5 Å². The van der Waals surface area contributed by atoms with Gasteiger partial charge in [-0.3, -0.25) is 13.8 Å². The highest BCUT2D eigenvalue weighted by atomic mass is 31.2. The van der Waals surface area contributed by atoms with Crippen molar-refractivity contribution in [3.63, 3.8) is 0 Å². The van der Waals surface area contributed by atoms with Gasteiger partial charge in [0.1, 0.15) is 42.7 Å². The number of aliphatic hydroxyl groups is 5. The molecule has 0 amide bonds. The van der Waals surface area contributed by atoms with E-state index in [9.17, 15) is 39.8 Å². The Morgan fingerprint density at radius 3 is 1.32 bits per heavy atom. The van der Waals surface area contributed by atoms with Crippen molar-refractivity contribution in [2.24, 2.45) is 0 Å². The van der Waals surface area contributed by atoms with E-state index in [0.717, 1.165) is 96.3 Å². The van der Waals surface area contributed by atoms with Crippen molar-refractivity contribution in [3.8, 4) is 0 Å². The van der Waals surface area contributed by atoms with Crippen LogP contribution in [-0.4, -0.2) is 98.9 Å². The molecule has 12 nitrogen and oxygen atoms in total. The first kappa shape index (κ1) is 63.8. The summed E-state index contributed by atoms with van der Waals surface area (Å²) in [6, 6.07) is 0. The minimum absolute atomic E-state index is 0.0915. The topological polar surface area (TPSA) is 192 Å². The minimum atomic E-state index is -5.03. The average Bonchev–Trinajstić information content (AvgIpc) is 3.32. The van der Waals surface area contributed by atoms with Crippen LogP contribution < -0.4 is 0 Å². The van der Waals surface area contributed by atoms with Crippen LogP contribution in [0, 0.1) is 0 Å². The highest BCUT2D eigenvalue weighted by Gasteiger charge is 2.51. The van der Waals surface area contributed by atoms with Crippen LogP contribution in [0.25, 0.3) is 0 Å². The van der Waals surface area contributed by atoms with Gasteiger partial charge in [0, 0.05) is 13.0 Å². The van der Waals surface area contributed by atoms with Crippen LogP contribution >= 0.6 is 7.82 Å². The van der Waals surface area contributed by atoms with Crippen molar-refractivity contribution >= 4 is 13.8 Å². The molecule has 0 aliphatic heterocycles. The molecule has 68 heavy (non-hydrogen) atoms. The summed E-state index contributed by atoms with van der Waals surface area (Å²) < 4.78 is 34.3. The number of phosphoric ester groups is 1. The van der Waals surface area contributed by atoms with Gasteiger partial charge >= 0.3 is 13.8 Å². The molecule has 0 aromatic rings. The third kappa shape index (κ3) is 35.8. The van der Waals surface area contributed by atoms with Gasteiger partial charge in [0.25, 0.3) is 0 Å². The highest BCUT2D eigenvalue weighted by molar-refractivity contribution is 7.47. The van der Waals surface area contributed by atoms with E-state index >= 15 is 0 Å². The molecule has 6 atom stereocenters. The highest BCUT2D eigenvalue weighted by Crippen LogP contribution is 2.47. The first-order valence-corrected chi connectivity index (χ1v) is 28.3. The first-order chi connectivity index (χ1) is 33.0. The second kappa shape index (κ2) is 44.7. The Kier molecular flexibility index (Phi) is 41.9. The van der Waals surface area contributed by atoms with Crippen molar-refractivity contribution in [2.45, 2.75) is 249 Å². The monoisotopic (exact) mass is 981 g/mol. The van der Waals surface area contributed by atoms with E-state index < -0.39 is 63.1 Å². The molecule has 0 bridgehead atoms. The Morgan fingerprint density at radius 1 is 0.485 bits per heavy atom. The standard InChI is InChI=1S/C55H97O12P/c1-3-5-7-9-11-13-15-17-19-21-22-23-24-25-26-27-29-31-33-35-37-39-41-43-45-64-46-48(47-65-68(62,63)67-55-53(60)51(58)50(57)52(59)54(55)61)66-49(56)44-42-40-38-36-34-32-30-28-20-18-16-14-12-10-8-6-4-2/h5,7,11,13,17,19,22-23,25-26,29,31,48,50-55,57-61H,3-4,6,8-10,12,14-16,18,20-21,24,27-28,30,32-47H2,1-2H3,(H,62,63)/b7-5-,13-11-,19-17-,23-22-,26-25-,31-29-. The van der Waals surface area contributed by atoms with Crippen LogP contribution in [0.1, 0.15) is 206 Å². The van der Waals surface area contributed by atoms with Crippen LogP contribution in [0.4, 0.5) is 0 Å². The summed E-state index contributed by atoms with van der Waals surface area (Å²) in [6.07, 6.45) is 46.8. The molecular weight excluding hydrogens is 884 g/mol. The molecule has 394 valence electrons. The molecule has 0 aromatic carbocycles. The molecule has 0 heterocycles. The number of esters is 1. The predicted octanol–water partition coefficient (Wildman–Crippen LogP) is 12.3. The number of ether oxygens (including phenoxy) is 2. The van der Waals surface area contributed by atoms with Crippen molar-refractivity contribution in [2.75, 3.05) is 19.8 Å². The fourth-order valence-electron chi connectivity index (χ4n) is 7.89. The second-order valence-electron chi connectivity index (χ2n) is 18.4. The van der Waals surface area contributed by atoms with Gasteiger partial charge in [-0.2, -0.15) is 0 Å². The summed E-state index contributed by atoms with van der Waals surface area (Å²) in [5.41, 5.74) is 0. The zero-order chi connectivity index (χ0) is 49.8. The minimum Gasteiger partial charge on any atom is -0.457 e. The lowest BCUT2D eigenvalue weighted by molar-refractivity contribution is -0.220. The lowest BCUT2D eigenvalue weighted by Crippen LogP contribution is -2.64. The summed E-state index contributed by atoms with van der Waals surface area (Å²) in [7, 11) is -5.03. The number of carbonyl (C=O) groups excluding carboxylic acids is 1. The third-order valence-electron chi connectivity index (χ3n) is 12.1. The summed E-state index contributed by atoms with van der Waals surface area (Å²) >= 11 is 0. The zero-order valence-electron chi connectivity index (χ0n) is 42.4. The molecular formula is C55H97O12P. The Balaban J connectivity index is 2.34. The van der Waals surface area contributed by atoms with Crippen molar-refractivity contribution in [1.82, 2.24) is 0 Å². The number of hydrogen-bond donors (Lipinski definition) is 6. The number of rotatable bonds is 45. The van der Waals surface area contributed by atoms with Crippen molar-refractivity contribution in [1.29, 1.82) is 0 Å². The predicted molar refractivity (Wildman–Crippen MR) is 276 cm³/mol. The quantitative estimate of drug-likeness (QED) is 0.0147. The maximum atomic E-state index is 12.9. The maximum absolute atomic E-state index is 12.9. The Hall–Kier alpha value is -2.22. The van der Waals surface area contributed by atoms with Gasteiger partial charge in [0.2, 0.25) is 0 Å².